The zero-order valence-electron chi connectivity index (χ0n) is 21.3. The van der Waals surface area contributed by atoms with E-state index in [1.165, 1.54) is 18.1 Å². The highest BCUT2D eigenvalue weighted by atomic mass is 35.5. The average Bonchev–Trinajstić information content (AvgIpc) is 3.34. The number of piperidine rings is 1. The second-order valence-electron chi connectivity index (χ2n) is 9.10. The summed E-state index contributed by atoms with van der Waals surface area (Å²) in [7, 11) is 1.27. The number of hydrogen-bond acceptors (Lipinski definition) is 6. The fourth-order valence-electron chi connectivity index (χ4n) is 4.24. The molecule has 1 aliphatic rings. The van der Waals surface area contributed by atoms with E-state index in [1.807, 2.05) is 6.07 Å². The van der Waals surface area contributed by atoms with Gasteiger partial charge in [-0.25, -0.2) is 4.79 Å². The first kappa shape index (κ1) is 30.4. The number of aromatic nitrogens is 2. The predicted octanol–water partition coefficient (Wildman–Crippen LogP) is 5.36. The Bertz CT molecular complexity index is 989. The van der Waals surface area contributed by atoms with Gasteiger partial charge in [0.25, 0.3) is 6.47 Å². The Morgan fingerprint density at radius 3 is 2.49 bits per heavy atom. The lowest BCUT2D eigenvalue weighted by Crippen LogP contribution is -2.54. The first-order valence-corrected chi connectivity index (χ1v) is 12.4. The molecule has 3 rings (SSSR count). The molecule has 1 fully saturated rings. The van der Waals surface area contributed by atoms with Crippen LogP contribution in [0.15, 0.2) is 30.5 Å². The van der Waals surface area contributed by atoms with Crippen molar-refractivity contribution in [3.05, 3.63) is 52.3 Å². The van der Waals surface area contributed by atoms with Crippen LogP contribution in [0.4, 0.5) is 18.0 Å². The van der Waals surface area contributed by atoms with E-state index in [9.17, 15) is 22.8 Å². The highest BCUT2D eigenvalue weighted by Crippen LogP contribution is 2.33. The van der Waals surface area contributed by atoms with Gasteiger partial charge >= 0.3 is 12.3 Å². The Kier molecular flexibility index (Phi) is 11.7. The Labute approximate surface area is 219 Å². The summed E-state index contributed by atoms with van der Waals surface area (Å²) in [5.74, 6) is 0. The smallest absolute Gasteiger partial charge is 0.416 e. The van der Waals surface area contributed by atoms with Crippen LogP contribution in [-0.4, -0.2) is 59.0 Å². The maximum Gasteiger partial charge on any atom is 0.416 e. The third kappa shape index (κ3) is 9.88. The van der Waals surface area contributed by atoms with Crippen molar-refractivity contribution < 1.29 is 32.2 Å². The fourth-order valence-corrected chi connectivity index (χ4v) is 4.50. The molecule has 0 saturated carbocycles. The number of halogens is 4. The van der Waals surface area contributed by atoms with Crippen LogP contribution >= 0.6 is 11.6 Å². The summed E-state index contributed by atoms with van der Waals surface area (Å²) in [6.45, 7) is 6.09. The molecule has 0 radical (unpaired) electrons. The monoisotopic (exact) mass is 546 g/mol. The minimum absolute atomic E-state index is 0.0197. The van der Waals surface area contributed by atoms with Gasteiger partial charge in [-0.05, 0) is 62.9 Å². The third-order valence-corrected chi connectivity index (χ3v) is 6.14. The number of benzene rings is 1. The number of H-pyrrole nitrogens is 1. The molecule has 2 heterocycles. The molecule has 1 aliphatic heterocycles. The second kappa shape index (κ2) is 14.2. The Hall–Kier alpha value is -2.79. The minimum Gasteiger partial charge on any atom is -0.465 e. The molecule has 1 aromatic carbocycles. The SMILES string of the molecule is CC(C)OC=O.CCC1CC(N(Cc2cc(Cl)cc(C(F)(F)F)c2)C(=O)OC)CC(Cc2ccn[nH]2)N1. The number of carbonyl (C=O) groups excluding carboxylic acids is 2. The van der Waals surface area contributed by atoms with Gasteiger partial charge in [-0.2, -0.15) is 18.3 Å². The van der Waals surface area contributed by atoms with E-state index in [4.69, 9.17) is 16.3 Å². The number of alkyl halides is 3. The number of aromatic amines is 1. The minimum atomic E-state index is -4.52. The van der Waals surface area contributed by atoms with E-state index in [0.717, 1.165) is 24.2 Å². The summed E-state index contributed by atoms with van der Waals surface area (Å²) in [4.78, 5) is 23.5. The van der Waals surface area contributed by atoms with Crippen LogP contribution in [-0.2, 0) is 33.4 Å². The number of carbonyl (C=O) groups is 2. The zero-order chi connectivity index (χ0) is 27.6. The zero-order valence-corrected chi connectivity index (χ0v) is 22.1. The first-order valence-electron chi connectivity index (χ1n) is 12.0. The van der Waals surface area contributed by atoms with E-state index in [2.05, 4.69) is 27.2 Å². The Morgan fingerprint density at radius 2 is 1.97 bits per heavy atom. The van der Waals surface area contributed by atoms with Crippen LogP contribution in [0, 0.1) is 0 Å². The molecule has 3 atom stereocenters. The van der Waals surface area contributed by atoms with Crippen molar-refractivity contribution in [3.63, 3.8) is 0 Å². The topological polar surface area (TPSA) is 96.6 Å². The summed E-state index contributed by atoms with van der Waals surface area (Å²) in [5.41, 5.74) is 0.442. The molecule has 37 heavy (non-hydrogen) atoms. The van der Waals surface area contributed by atoms with Crippen molar-refractivity contribution in [3.8, 4) is 0 Å². The molecule has 2 N–H and O–H groups in total. The van der Waals surface area contributed by atoms with Crippen molar-refractivity contribution in [1.29, 1.82) is 0 Å². The van der Waals surface area contributed by atoms with E-state index in [-0.39, 0.29) is 35.8 Å². The van der Waals surface area contributed by atoms with Gasteiger partial charge in [0.2, 0.25) is 0 Å². The van der Waals surface area contributed by atoms with Crippen LogP contribution < -0.4 is 5.32 Å². The number of ether oxygens (including phenoxy) is 2. The van der Waals surface area contributed by atoms with E-state index in [0.29, 0.717) is 31.3 Å². The second-order valence-corrected chi connectivity index (χ2v) is 9.54. The summed E-state index contributed by atoms with van der Waals surface area (Å²) in [5, 5.41) is 10.5. The number of nitrogens with one attached hydrogen (secondary N) is 2. The molecule has 3 unspecified atom stereocenters. The maximum atomic E-state index is 13.2. The fraction of sp³-hybridized carbons (Fsp3) is 0.560. The highest BCUT2D eigenvalue weighted by molar-refractivity contribution is 6.30. The molecule has 206 valence electrons. The molecule has 8 nitrogen and oxygen atoms in total. The lowest BCUT2D eigenvalue weighted by Gasteiger charge is -2.41. The van der Waals surface area contributed by atoms with E-state index in [1.54, 1.807) is 20.0 Å². The molecular weight excluding hydrogens is 513 g/mol. The lowest BCUT2D eigenvalue weighted by atomic mass is 9.89. The van der Waals surface area contributed by atoms with E-state index < -0.39 is 17.8 Å². The van der Waals surface area contributed by atoms with Gasteiger partial charge < -0.3 is 19.7 Å². The third-order valence-electron chi connectivity index (χ3n) is 5.92. The molecule has 0 spiro atoms. The number of methoxy groups -OCH3 is 1. The van der Waals surface area contributed by atoms with Gasteiger partial charge in [0.05, 0.1) is 18.8 Å². The molecule has 1 saturated heterocycles. The van der Waals surface area contributed by atoms with Gasteiger partial charge in [0.15, 0.2) is 0 Å². The highest BCUT2D eigenvalue weighted by Gasteiger charge is 2.35. The van der Waals surface area contributed by atoms with Crippen molar-refractivity contribution in [2.75, 3.05) is 7.11 Å². The van der Waals surface area contributed by atoms with Crippen LogP contribution in [0.25, 0.3) is 0 Å². The molecule has 0 aliphatic carbocycles. The summed E-state index contributed by atoms with van der Waals surface area (Å²) in [6, 6.07) is 5.32. The molecule has 12 heteroatoms. The lowest BCUT2D eigenvalue weighted by molar-refractivity contribution is -0.137. The normalized spacial score (nSPS) is 19.5. The molecule has 0 bridgehead atoms. The number of nitrogens with zero attached hydrogens (tertiary/aromatic N) is 2. The maximum absolute atomic E-state index is 13.2. The number of amides is 1. The van der Waals surface area contributed by atoms with Crippen LogP contribution in [0.5, 0.6) is 0 Å². The first-order chi connectivity index (χ1) is 17.5. The standard InChI is InChI=1S/C21H26ClF3N4O2.C4H8O2/c1-3-16-10-19(11-18(27-16)9-17-4-5-26-28-17)29(20(30)31-2)12-13-6-14(21(23,24)25)8-15(22)7-13;1-4(2)6-3-5/h4-8,16,18-19,27H,3,9-12H2,1-2H3,(H,26,28);3-4H,1-2H3. The largest absolute Gasteiger partial charge is 0.465 e. The number of hydrogen-bond donors (Lipinski definition) is 2. The van der Waals surface area contributed by atoms with Crippen LogP contribution in [0.3, 0.4) is 0 Å². The summed E-state index contributed by atoms with van der Waals surface area (Å²) >= 11 is 5.93. The van der Waals surface area contributed by atoms with Gasteiger partial charge in [-0.1, -0.05) is 18.5 Å². The Balaban J connectivity index is 0.000000717. The quantitative estimate of drug-likeness (QED) is 0.433. The summed E-state index contributed by atoms with van der Waals surface area (Å²) in [6.07, 6.45) is -0.497. The number of rotatable bonds is 8. The molecule has 1 aromatic heterocycles. The van der Waals surface area contributed by atoms with E-state index >= 15 is 0 Å². The average molecular weight is 547 g/mol. The van der Waals surface area contributed by atoms with Crippen LogP contribution in [0.1, 0.15) is 56.9 Å². The van der Waals surface area contributed by atoms with Crippen molar-refractivity contribution in [1.82, 2.24) is 20.4 Å². The van der Waals surface area contributed by atoms with Gasteiger partial charge in [0.1, 0.15) is 0 Å². The predicted molar refractivity (Wildman–Crippen MR) is 133 cm³/mol. The van der Waals surface area contributed by atoms with Crippen molar-refractivity contribution in [2.24, 2.45) is 0 Å². The van der Waals surface area contributed by atoms with Gasteiger partial charge in [-0.15, -0.1) is 0 Å². The summed E-state index contributed by atoms with van der Waals surface area (Å²) < 4.78 is 49.0. The van der Waals surface area contributed by atoms with Crippen molar-refractivity contribution >= 4 is 24.2 Å². The Morgan fingerprint density at radius 1 is 1.27 bits per heavy atom. The molecule has 1 amide bonds. The van der Waals surface area contributed by atoms with Crippen LogP contribution in [0.2, 0.25) is 5.02 Å². The van der Waals surface area contributed by atoms with Crippen molar-refractivity contribution in [2.45, 2.75) is 83.4 Å². The van der Waals surface area contributed by atoms with Gasteiger partial charge in [-0.3, -0.25) is 9.89 Å². The molecular formula is C25H34ClF3N4O4. The van der Waals surface area contributed by atoms with Gasteiger partial charge in [0, 0.05) is 48.0 Å². The molecule has 2 aromatic rings.